The van der Waals surface area contributed by atoms with Crippen molar-refractivity contribution in [2.45, 2.75) is 65.2 Å². The molecule has 0 bridgehead atoms. The molecule has 1 aromatic rings. The highest BCUT2D eigenvalue weighted by Gasteiger charge is 2.32. The van der Waals surface area contributed by atoms with E-state index in [4.69, 9.17) is 133 Å². The first-order valence-electron chi connectivity index (χ1n) is 38.8. The second-order valence-electron chi connectivity index (χ2n) is 23.0. The zero-order chi connectivity index (χ0) is 77.2. The molecule has 639 valence electrons. The van der Waals surface area contributed by atoms with Crippen LogP contribution in [-0.4, -0.2) is 370 Å². The van der Waals surface area contributed by atoms with Gasteiger partial charge < -0.3 is 133 Å². The number of ether oxygens (including phenoxy) is 28. The minimum absolute atomic E-state index is 0.0513. The molecule has 1 atom stereocenters. The van der Waals surface area contributed by atoms with Gasteiger partial charge in [-0.25, -0.2) is 0 Å². The summed E-state index contributed by atoms with van der Waals surface area (Å²) in [6.07, 6.45) is 14.5. The molecular weight excluding hydrogens is 1450 g/mol. The van der Waals surface area contributed by atoms with Crippen molar-refractivity contribution in [3.8, 4) is 5.75 Å². The molecule has 0 saturated heterocycles. The molecule has 0 aliphatic carbocycles. The number of benzene rings is 1. The molecule has 0 aliphatic rings. The van der Waals surface area contributed by atoms with Crippen molar-refractivity contribution >= 4 is 16.9 Å². The SMILES string of the molecule is C/C=C/c1cc(CCCCCCCCC)ccc1OCCOCCOCCOCCOCCOCCOCCOCCOCCOCCOCCOCCOCCOCCOCCOCCOCCOCCOCCOCCOCCOCCOCCOCCOCCOCCOCCOCCO[S+]([O])(=O)ON. The van der Waals surface area contributed by atoms with E-state index in [0.717, 1.165) is 17.7 Å². The summed E-state index contributed by atoms with van der Waals surface area (Å²) >= 11 is 0. The van der Waals surface area contributed by atoms with E-state index < -0.39 is 10.8 Å². The Morgan fingerprint density at radius 1 is 0.278 bits per heavy atom. The smallest absolute Gasteiger partial charge is 0.491 e. The fourth-order valence-electron chi connectivity index (χ4n) is 8.73. The number of hydrogen-bond acceptors (Lipinski definition) is 32. The predicted molar refractivity (Wildman–Crippen MR) is 400 cm³/mol. The van der Waals surface area contributed by atoms with E-state index in [-0.39, 0.29) is 19.8 Å². The van der Waals surface area contributed by atoms with Gasteiger partial charge in [0.1, 0.15) is 23.5 Å². The fraction of sp³-hybridized carbons (Fsp3) is 0.892. The van der Waals surface area contributed by atoms with E-state index in [9.17, 15) is 8.76 Å². The number of nitrogens with two attached hydrogens (primary N) is 1. The molecule has 0 heterocycles. The normalized spacial score (nSPS) is 12.4. The van der Waals surface area contributed by atoms with Crippen molar-refractivity contribution in [1.82, 2.24) is 0 Å². The van der Waals surface area contributed by atoms with Gasteiger partial charge in [0.15, 0.2) is 0 Å². The van der Waals surface area contributed by atoms with E-state index in [2.05, 4.69) is 51.6 Å². The van der Waals surface area contributed by atoms with Gasteiger partial charge in [-0.05, 0) is 41.7 Å². The topological polar surface area (TPSA) is 340 Å². The molecule has 34 heteroatoms. The van der Waals surface area contributed by atoms with Crippen LogP contribution in [0.3, 0.4) is 0 Å². The molecule has 0 saturated carbocycles. The zero-order valence-corrected chi connectivity index (χ0v) is 66.5. The highest BCUT2D eigenvalue weighted by Crippen LogP contribution is 2.23. The van der Waals surface area contributed by atoms with Crippen LogP contribution in [0.4, 0.5) is 0 Å². The maximum absolute atomic E-state index is 10.9. The highest BCUT2D eigenvalue weighted by atomic mass is 32.3. The summed E-state index contributed by atoms with van der Waals surface area (Å²) < 4.78 is 185. The summed E-state index contributed by atoms with van der Waals surface area (Å²) in [6, 6.07) is 6.53. The van der Waals surface area contributed by atoms with E-state index in [1.807, 2.05) is 6.92 Å². The summed E-state index contributed by atoms with van der Waals surface area (Å²) in [5.41, 5.74) is 2.48. The van der Waals surface area contributed by atoms with Crippen LogP contribution in [0.2, 0.25) is 0 Å². The van der Waals surface area contributed by atoms with Gasteiger partial charge in [0.05, 0.1) is 357 Å². The summed E-state index contributed by atoms with van der Waals surface area (Å²) in [6.45, 7) is 29.3. The molecule has 0 spiro atoms. The molecule has 1 radical (unpaired) electrons. The average Bonchev–Trinajstić information content (AvgIpc) is 0.863. The minimum Gasteiger partial charge on any atom is -0.491 e. The van der Waals surface area contributed by atoms with Crippen LogP contribution >= 0.6 is 0 Å². The summed E-state index contributed by atoms with van der Waals surface area (Å²) in [7, 11) is -4.16. The first-order valence-corrected chi connectivity index (χ1v) is 40.1. The summed E-state index contributed by atoms with van der Waals surface area (Å²) in [4.78, 5) is 0. The maximum Gasteiger partial charge on any atom is 0.564 e. The third-order valence-electron chi connectivity index (χ3n) is 14.2. The Morgan fingerprint density at radius 2 is 0.472 bits per heavy atom. The standard InChI is InChI=1S/C74H141NO32S/c1-3-5-6-7-8-9-10-12-72-13-14-74(73(71-72)11-4-2)105-69-67-103-65-63-101-61-59-99-57-55-97-53-51-95-49-47-93-45-43-91-41-39-89-37-35-87-33-31-85-29-27-83-25-23-81-21-19-79-17-15-78-16-18-80-20-22-82-24-26-84-28-30-86-32-34-88-36-38-90-40-42-92-44-46-94-48-50-96-52-54-98-56-58-100-60-62-102-64-66-104-68-70-106-108(76,77)107-75/h4,11,13-14,71H,3,5-10,12,15-70,75H2,1-2H3/q+1/b11-4+. The lowest BCUT2D eigenvalue weighted by Crippen LogP contribution is -2.22. The van der Waals surface area contributed by atoms with Crippen molar-refractivity contribution in [2.75, 3.05) is 370 Å². The number of hydrogen-bond donors (Lipinski definition) is 1. The number of rotatable bonds is 96. The van der Waals surface area contributed by atoms with Gasteiger partial charge >= 0.3 is 10.8 Å². The van der Waals surface area contributed by atoms with Crippen molar-refractivity contribution in [3.05, 3.63) is 35.4 Å². The first kappa shape index (κ1) is 104. The van der Waals surface area contributed by atoms with Gasteiger partial charge in [-0.2, -0.15) is 5.90 Å². The Kier molecular flexibility index (Phi) is 86.6. The molecule has 0 amide bonds. The van der Waals surface area contributed by atoms with Gasteiger partial charge in [-0.15, -0.1) is 4.18 Å². The lowest BCUT2D eigenvalue weighted by atomic mass is 10.0. The van der Waals surface area contributed by atoms with Crippen LogP contribution in [0.5, 0.6) is 5.75 Å². The number of unbranched alkanes of at least 4 members (excludes halogenated alkanes) is 6. The molecular formula is C74H141NO32S+. The monoisotopic (exact) mass is 1590 g/mol. The Labute approximate surface area is 646 Å². The van der Waals surface area contributed by atoms with Crippen LogP contribution in [0.1, 0.15) is 69.9 Å². The molecule has 0 aromatic heterocycles. The largest absolute Gasteiger partial charge is 0.564 e. The van der Waals surface area contributed by atoms with Gasteiger partial charge in [0.2, 0.25) is 0 Å². The second-order valence-corrected chi connectivity index (χ2v) is 24.2. The van der Waals surface area contributed by atoms with Gasteiger partial charge in [0.25, 0.3) is 0 Å². The highest BCUT2D eigenvalue weighted by molar-refractivity contribution is 7.88. The number of aryl methyl sites for hydroxylation is 1. The van der Waals surface area contributed by atoms with E-state index in [1.165, 1.54) is 50.5 Å². The van der Waals surface area contributed by atoms with Gasteiger partial charge in [0, 0.05) is 9.77 Å². The van der Waals surface area contributed by atoms with Crippen LogP contribution in [0.15, 0.2) is 24.3 Å². The zero-order valence-electron chi connectivity index (χ0n) is 65.7. The lowest BCUT2D eigenvalue weighted by Gasteiger charge is -2.12. The van der Waals surface area contributed by atoms with Crippen LogP contribution < -0.4 is 10.6 Å². The van der Waals surface area contributed by atoms with Crippen LogP contribution in [0.25, 0.3) is 6.08 Å². The van der Waals surface area contributed by atoms with Crippen molar-refractivity contribution in [2.24, 2.45) is 5.90 Å². The van der Waals surface area contributed by atoms with E-state index in [1.54, 1.807) is 0 Å². The van der Waals surface area contributed by atoms with Crippen molar-refractivity contribution < 1.29 is 150 Å². The minimum atomic E-state index is -4.16. The molecule has 0 aliphatic heterocycles. The molecule has 1 unspecified atom stereocenters. The molecule has 108 heavy (non-hydrogen) atoms. The summed E-state index contributed by atoms with van der Waals surface area (Å²) in [5.74, 6) is 5.43. The Hall–Kier alpha value is -2.33. The molecule has 1 aromatic carbocycles. The molecule has 33 nitrogen and oxygen atoms in total. The first-order chi connectivity index (χ1) is 53.5. The third kappa shape index (κ3) is 83.1. The van der Waals surface area contributed by atoms with E-state index in [0.29, 0.717) is 350 Å². The third-order valence-corrected chi connectivity index (χ3v) is 14.9. The quantitative estimate of drug-likeness (QED) is 0.0483. The maximum atomic E-state index is 10.9. The second kappa shape index (κ2) is 90.2. The van der Waals surface area contributed by atoms with E-state index >= 15 is 0 Å². The average molecular weight is 1590 g/mol. The molecule has 2 N–H and O–H groups in total. The van der Waals surface area contributed by atoms with Crippen LogP contribution in [0, 0.1) is 0 Å². The molecule has 0 fully saturated rings. The lowest BCUT2D eigenvalue weighted by molar-refractivity contribution is -0.0323. The van der Waals surface area contributed by atoms with Gasteiger partial charge in [-0.1, -0.05) is 63.7 Å². The summed E-state index contributed by atoms with van der Waals surface area (Å²) in [5, 5.41) is 0. The Morgan fingerprint density at radius 3 is 0.676 bits per heavy atom. The van der Waals surface area contributed by atoms with Crippen LogP contribution in [-0.2, 0) is 162 Å². The van der Waals surface area contributed by atoms with Crippen molar-refractivity contribution in [3.63, 3.8) is 0 Å². The molecule has 1 rings (SSSR count). The van der Waals surface area contributed by atoms with Crippen molar-refractivity contribution in [1.29, 1.82) is 0 Å². The number of allylic oxidation sites excluding steroid dienone is 1. The Balaban J connectivity index is 1.63. The predicted octanol–water partition coefficient (Wildman–Crippen LogP) is 5.42. The van der Waals surface area contributed by atoms with Gasteiger partial charge in [-0.3, -0.25) is 0 Å². The fourth-order valence-corrected chi connectivity index (χ4v) is 9.06. The Bertz CT molecular complexity index is 1970.